The Balaban J connectivity index is 1.90. The molecule has 2 aromatic carbocycles. The average molecular weight is 340 g/mol. The lowest BCUT2D eigenvalue weighted by molar-refractivity contribution is -0.137. The number of alkyl halides is 3. The molecule has 0 bridgehead atoms. The highest BCUT2D eigenvalue weighted by Crippen LogP contribution is 2.29. The van der Waals surface area contributed by atoms with E-state index in [0.29, 0.717) is 5.56 Å². The van der Waals surface area contributed by atoms with Gasteiger partial charge in [0.2, 0.25) is 5.91 Å². The van der Waals surface area contributed by atoms with Crippen LogP contribution in [0.3, 0.4) is 0 Å². The molecule has 0 radical (unpaired) electrons. The zero-order valence-corrected chi connectivity index (χ0v) is 12.2. The molecule has 0 saturated carbocycles. The zero-order valence-electron chi connectivity index (χ0n) is 12.2. The number of rotatable bonds is 3. The molecular formula is C16H12F4N2O2. The molecule has 2 N–H and O–H groups in total. The van der Waals surface area contributed by atoms with E-state index in [2.05, 4.69) is 5.43 Å². The van der Waals surface area contributed by atoms with Gasteiger partial charge in [0.1, 0.15) is 5.82 Å². The Hall–Kier alpha value is -2.90. The van der Waals surface area contributed by atoms with Crippen molar-refractivity contribution in [3.63, 3.8) is 0 Å². The van der Waals surface area contributed by atoms with Crippen molar-refractivity contribution in [3.05, 3.63) is 71.0 Å². The fourth-order valence-corrected chi connectivity index (χ4v) is 1.88. The van der Waals surface area contributed by atoms with Crippen LogP contribution in [0.4, 0.5) is 17.6 Å². The van der Waals surface area contributed by atoms with E-state index in [4.69, 9.17) is 0 Å². The lowest BCUT2D eigenvalue weighted by Crippen LogP contribution is -2.42. The van der Waals surface area contributed by atoms with E-state index in [-0.39, 0.29) is 12.0 Å². The SMILES string of the molecule is O=C(Cc1ccc(C(F)(F)F)cc1)NNC(=O)c1ccccc1F. The third kappa shape index (κ3) is 4.55. The van der Waals surface area contributed by atoms with Crippen LogP contribution in [0.15, 0.2) is 48.5 Å². The smallest absolute Gasteiger partial charge is 0.273 e. The van der Waals surface area contributed by atoms with Gasteiger partial charge in [0.15, 0.2) is 0 Å². The first-order valence-corrected chi connectivity index (χ1v) is 6.77. The summed E-state index contributed by atoms with van der Waals surface area (Å²) in [7, 11) is 0. The van der Waals surface area contributed by atoms with Gasteiger partial charge < -0.3 is 0 Å². The number of carbonyl (C=O) groups excluding carboxylic acids is 2. The van der Waals surface area contributed by atoms with Gasteiger partial charge in [-0.3, -0.25) is 20.4 Å². The summed E-state index contributed by atoms with van der Waals surface area (Å²) in [5.41, 5.74) is 3.38. The van der Waals surface area contributed by atoms with Crippen LogP contribution in [0.2, 0.25) is 0 Å². The molecule has 0 spiro atoms. The normalized spacial score (nSPS) is 11.0. The van der Waals surface area contributed by atoms with Crippen molar-refractivity contribution in [2.75, 3.05) is 0 Å². The summed E-state index contributed by atoms with van der Waals surface area (Å²) in [5.74, 6) is -2.24. The van der Waals surface area contributed by atoms with Crippen LogP contribution in [0.25, 0.3) is 0 Å². The van der Waals surface area contributed by atoms with Crippen LogP contribution in [0.5, 0.6) is 0 Å². The van der Waals surface area contributed by atoms with Crippen molar-refractivity contribution in [2.24, 2.45) is 0 Å². The Morgan fingerprint density at radius 1 is 0.917 bits per heavy atom. The van der Waals surface area contributed by atoms with Gasteiger partial charge in [-0.05, 0) is 29.8 Å². The molecule has 0 unspecified atom stereocenters. The zero-order chi connectivity index (χ0) is 17.7. The third-order valence-corrected chi connectivity index (χ3v) is 3.08. The highest BCUT2D eigenvalue weighted by molar-refractivity contribution is 5.95. The molecule has 0 aliphatic rings. The largest absolute Gasteiger partial charge is 0.416 e. The van der Waals surface area contributed by atoms with Gasteiger partial charge in [0.05, 0.1) is 17.5 Å². The quantitative estimate of drug-likeness (QED) is 0.667. The number of nitrogens with one attached hydrogen (secondary N) is 2. The van der Waals surface area contributed by atoms with Crippen LogP contribution in [-0.4, -0.2) is 11.8 Å². The minimum absolute atomic E-state index is 0.240. The molecule has 126 valence electrons. The van der Waals surface area contributed by atoms with Crippen LogP contribution < -0.4 is 10.9 Å². The van der Waals surface area contributed by atoms with Crippen molar-refractivity contribution >= 4 is 11.8 Å². The topological polar surface area (TPSA) is 58.2 Å². The van der Waals surface area contributed by atoms with Crippen LogP contribution in [0, 0.1) is 5.82 Å². The summed E-state index contributed by atoms with van der Waals surface area (Å²) < 4.78 is 50.7. The molecule has 0 atom stereocenters. The maximum Gasteiger partial charge on any atom is 0.416 e. The molecule has 0 aliphatic carbocycles. The van der Waals surface area contributed by atoms with Gasteiger partial charge in [-0.25, -0.2) is 4.39 Å². The van der Waals surface area contributed by atoms with E-state index in [0.717, 1.165) is 18.2 Å². The molecule has 0 aromatic heterocycles. The van der Waals surface area contributed by atoms with Gasteiger partial charge in [-0.15, -0.1) is 0 Å². The van der Waals surface area contributed by atoms with Crippen molar-refractivity contribution in [1.29, 1.82) is 0 Å². The predicted molar refractivity (Wildman–Crippen MR) is 77.2 cm³/mol. The molecule has 2 amide bonds. The molecule has 24 heavy (non-hydrogen) atoms. The Kier molecular flexibility index (Phi) is 5.18. The number of benzene rings is 2. The van der Waals surface area contributed by atoms with E-state index < -0.39 is 29.4 Å². The standard InChI is InChI=1S/C16H12F4N2O2/c17-13-4-2-1-3-12(13)15(24)22-21-14(23)9-10-5-7-11(8-6-10)16(18,19)20/h1-8H,9H2,(H,21,23)(H,22,24). The second-order valence-electron chi connectivity index (χ2n) is 4.85. The molecule has 4 nitrogen and oxygen atoms in total. The van der Waals surface area contributed by atoms with Crippen LogP contribution in [-0.2, 0) is 17.4 Å². The van der Waals surface area contributed by atoms with Gasteiger partial charge >= 0.3 is 6.18 Å². The third-order valence-electron chi connectivity index (χ3n) is 3.08. The van der Waals surface area contributed by atoms with Crippen LogP contribution >= 0.6 is 0 Å². The number of amides is 2. The molecule has 0 aliphatic heterocycles. The summed E-state index contributed by atoms with van der Waals surface area (Å²) in [5, 5.41) is 0. The molecule has 2 aromatic rings. The summed E-state index contributed by atoms with van der Waals surface area (Å²) >= 11 is 0. The van der Waals surface area contributed by atoms with Crippen molar-refractivity contribution < 1.29 is 27.2 Å². The Morgan fingerprint density at radius 2 is 1.54 bits per heavy atom. The summed E-state index contributed by atoms with van der Waals surface area (Å²) in [6.45, 7) is 0. The van der Waals surface area contributed by atoms with E-state index in [1.54, 1.807) is 0 Å². The lowest BCUT2D eigenvalue weighted by atomic mass is 10.1. The maximum atomic E-state index is 13.4. The summed E-state index contributed by atoms with van der Waals surface area (Å²) in [6.07, 6.45) is -4.69. The Morgan fingerprint density at radius 3 is 2.12 bits per heavy atom. The van der Waals surface area contributed by atoms with Gasteiger partial charge in [0, 0.05) is 0 Å². The van der Waals surface area contributed by atoms with Gasteiger partial charge in [0.25, 0.3) is 5.91 Å². The summed E-state index contributed by atoms with van der Waals surface area (Å²) in [4.78, 5) is 23.4. The molecule has 8 heteroatoms. The highest BCUT2D eigenvalue weighted by atomic mass is 19.4. The number of carbonyl (C=O) groups is 2. The van der Waals surface area contributed by atoms with E-state index >= 15 is 0 Å². The highest BCUT2D eigenvalue weighted by Gasteiger charge is 2.29. The molecule has 0 heterocycles. The second-order valence-corrected chi connectivity index (χ2v) is 4.85. The Labute approximate surface area is 134 Å². The molecular weight excluding hydrogens is 328 g/mol. The minimum Gasteiger partial charge on any atom is -0.273 e. The van der Waals surface area contributed by atoms with E-state index in [1.165, 1.54) is 30.3 Å². The first-order chi connectivity index (χ1) is 11.3. The van der Waals surface area contributed by atoms with Crippen molar-refractivity contribution in [2.45, 2.75) is 12.6 Å². The Bertz CT molecular complexity index is 742. The van der Waals surface area contributed by atoms with Crippen LogP contribution in [0.1, 0.15) is 21.5 Å². The fourth-order valence-electron chi connectivity index (χ4n) is 1.88. The minimum atomic E-state index is -4.45. The number of hydrogen-bond donors (Lipinski definition) is 2. The molecule has 0 saturated heterocycles. The lowest BCUT2D eigenvalue weighted by Gasteiger charge is -2.09. The van der Waals surface area contributed by atoms with E-state index in [9.17, 15) is 27.2 Å². The van der Waals surface area contributed by atoms with Crippen molar-refractivity contribution in [1.82, 2.24) is 10.9 Å². The fraction of sp³-hybridized carbons (Fsp3) is 0.125. The number of hydrazine groups is 1. The first-order valence-electron chi connectivity index (χ1n) is 6.77. The second kappa shape index (κ2) is 7.12. The average Bonchev–Trinajstić information content (AvgIpc) is 2.53. The molecule has 2 rings (SSSR count). The maximum absolute atomic E-state index is 13.4. The molecule has 0 fully saturated rings. The van der Waals surface area contributed by atoms with Gasteiger partial charge in [-0.2, -0.15) is 13.2 Å². The van der Waals surface area contributed by atoms with Gasteiger partial charge in [-0.1, -0.05) is 24.3 Å². The summed E-state index contributed by atoms with van der Waals surface area (Å²) in [6, 6.07) is 9.27. The predicted octanol–water partition coefficient (Wildman–Crippen LogP) is 2.85. The van der Waals surface area contributed by atoms with E-state index in [1.807, 2.05) is 5.43 Å². The van der Waals surface area contributed by atoms with Crippen molar-refractivity contribution in [3.8, 4) is 0 Å². The monoisotopic (exact) mass is 340 g/mol. The number of hydrogen-bond acceptors (Lipinski definition) is 2. The first kappa shape index (κ1) is 17.5. The number of halogens is 4.